The van der Waals surface area contributed by atoms with Gasteiger partial charge in [0.2, 0.25) is 16.9 Å². The van der Waals surface area contributed by atoms with Crippen LogP contribution in [0.25, 0.3) is 0 Å². The smallest absolute Gasteiger partial charge is 0.409 e. The Balaban J connectivity index is 1.24. The second-order valence-electron chi connectivity index (χ2n) is 17.0. The Morgan fingerprint density at radius 3 is 2.06 bits per heavy atom. The number of nitrogens with one attached hydrogen (secondary N) is 6. The Hall–Kier alpha value is -6.41. The Morgan fingerprint density at radius 1 is 0.828 bits per heavy atom. The third kappa shape index (κ3) is 14.3. The zero-order valence-electron chi connectivity index (χ0n) is 36.7. The summed E-state index contributed by atoms with van der Waals surface area (Å²) in [5.74, 6) is -2.25. The molecule has 0 bridgehead atoms. The summed E-state index contributed by atoms with van der Waals surface area (Å²) in [5.41, 5.74) is -3.21. The highest BCUT2D eigenvalue weighted by Gasteiger charge is 2.43. The summed E-state index contributed by atoms with van der Waals surface area (Å²) in [6, 6.07) is 17.4. The first kappa shape index (κ1) is 48.6. The Labute approximate surface area is 379 Å². The molecule has 3 heterocycles. The van der Waals surface area contributed by atoms with Crippen molar-refractivity contribution in [1.29, 1.82) is 0 Å². The quantitative estimate of drug-likeness (QED) is 0.0489. The van der Waals surface area contributed by atoms with Crippen molar-refractivity contribution < 1.29 is 47.9 Å². The molecule has 1 aromatic heterocycles. The molecule has 3 aromatic rings. The van der Waals surface area contributed by atoms with Crippen LogP contribution >= 0.6 is 23.4 Å². The number of esters is 1. The highest BCUT2D eigenvalue weighted by Crippen LogP contribution is 2.33. The largest absolute Gasteiger partial charge is 0.483 e. The molecule has 1 saturated heterocycles. The van der Waals surface area contributed by atoms with Gasteiger partial charge in [0, 0.05) is 12.6 Å². The van der Waals surface area contributed by atoms with E-state index < -0.39 is 75.4 Å². The van der Waals surface area contributed by atoms with Crippen molar-refractivity contribution >= 4 is 59.0 Å². The minimum atomic E-state index is -1.69. The summed E-state index contributed by atoms with van der Waals surface area (Å²) in [6.07, 6.45) is 0.647. The lowest BCUT2D eigenvalue weighted by molar-refractivity contribution is -0.179. The van der Waals surface area contributed by atoms with Crippen molar-refractivity contribution in [3.8, 4) is 5.75 Å². The maximum Gasteiger partial charge on any atom is 0.409 e. The lowest BCUT2D eigenvalue weighted by Gasteiger charge is -2.37. The van der Waals surface area contributed by atoms with Crippen molar-refractivity contribution in [2.24, 2.45) is 5.16 Å². The normalized spacial score (nSPS) is 17.5. The topological polar surface area (TPSA) is 238 Å². The van der Waals surface area contributed by atoms with Crippen LogP contribution in [-0.2, 0) is 48.5 Å². The van der Waals surface area contributed by atoms with Gasteiger partial charge in [-0.1, -0.05) is 89.2 Å². The fraction of sp³-hybridized carbons (Fsp3) is 0.419. The second-order valence-corrected chi connectivity index (χ2v) is 18.7. The number of oxime groups is 1. The summed E-state index contributed by atoms with van der Waals surface area (Å²) in [4.78, 5) is 89.9. The number of rotatable bonds is 17. The third-order valence-corrected chi connectivity index (χ3v) is 10.1. The van der Waals surface area contributed by atoms with Crippen LogP contribution in [0.5, 0.6) is 5.75 Å². The van der Waals surface area contributed by atoms with Crippen molar-refractivity contribution in [1.82, 2.24) is 36.6 Å². The van der Waals surface area contributed by atoms with Crippen LogP contribution in [0.2, 0.25) is 0 Å². The average molecular weight is 925 g/mol. The number of carbonyl (C=O) groups excluding carboxylic acids is 5. The van der Waals surface area contributed by atoms with E-state index in [2.05, 4.69) is 37.1 Å². The molecule has 1 unspecified atom stereocenters. The number of amides is 5. The molecule has 2 aliphatic heterocycles. The summed E-state index contributed by atoms with van der Waals surface area (Å²) in [5, 5.41) is 20.0. The van der Waals surface area contributed by atoms with Crippen LogP contribution in [0.4, 0.5) is 9.59 Å². The van der Waals surface area contributed by atoms with Gasteiger partial charge in [0.25, 0.3) is 5.91 Å². The van der Waals surface area contributed by atoms with Crippen LogP contribution in [0.1, 0.15) is 72.2 Å². The number of thioether (sulfide) groups is 1. The van der Waals surface area contributed by atoms with Crippen LogP contribution in [-0.4, -0.2) is 81.3 Å². The van der Waals surface area contributed by atoms with Gasteiger partial charge < -0.3 is 50.5 Å². The van der Waals surface area contributed by atoms with Crippen LogP contribution in [0.3, 0.4) is 0 Å². The maximum absolute atomic E-state index is 13.9. The van der Waals surface area contributed by atoms with E-state index in [1.807, 2.05) is 60.7 Å². The zero-order valence-corrected chi connectivity index (χ0v) is 38.2. The minimum Gasteiger partial charge on any atom is -0.483 e. The van der Waals surface area contributed by atoms with Gasteiger partial charge in [0.15, 0.2) is 17.0 Å². The predicted molar refractivity (Wildman–Crippen MR) is 238 cm³/mol. The van der Waals surface area contributed by atoms with Crippen molar-refractivity contribution in [2.75, 3.05) is 6.54 Å². The zero-order chi connectivity index (χ0) is 46.8. The molecule has 21 heteroatoms. The van der Waals surface area contributed by atoms with E-state index >= 15 is 0 Å². The number of urea groups is 1. The molecule has 5 amide bonds. The molecule has 2 aliphatic rings. The van der Waals surface area contributed by atoms with Gasteiger partial charge in [0.05, 0.1) is 30.2 Å². The first-order valence-electron chi connectivity index (χ1n) is 20.1. The van der Waals surface area contributed by atoms with Gasteiger partial charge >= 0.3 is 18.1 Å². The number of benzene rings is 2. The second kappa shape index (κ2) is 20.8. The monoisotopic (exact) mass is 924 g/mol. The molecule has 0 radical (unpaired) electrons. The van der Waals surface area contributed by atoms with Crippen LogP contribution < -0.4 is 46.9 Å². The van der Waals surface area contributed by atoms with Gasteiger partial charge in [0.1, 0.15) is 34.8 Å². The summed E-state index contributed by atoms with van der Waals surface area (Å²) < 4.78 is 17.9. The maximum atomic E-state index is 13.9. The molecule has 64 heavy (non-hydrogen) atoms. The molecule has 0 saturated carbocycles. The van der Waals surface area contributed by atoms with Crippen molar-refractivity contribution in [3.63, 3.8) is 0 Å². The molecule has 0 aliphatic carbocycles. The van der Waals surface area contributed by atoms with Gasteiger partial charge in [-0.15, -0.1) is 0 Å². The van der Waals surface area contributed by atoms with Crippen molar-refractivity contribution in [2.45, 2.75) is 110 Å². The molecular weight excluding hydrogens is 872 g/mol. The fourth-order valence-corrected chi connectivity index (χ4v) is 6.82. The first-order valence-corrected chi connectivity index (χ1v) is 21.4. The lowest BCUT2D eigenvalue weighted by atomic mass is 9.98. The Bertz CT molecular complexity index is 2310. The van der Waals surface area contributed by atoms with E-state index in [0.717, 1.165) is 22.9 Å². The standard InChI is InChI=1S/C43H53ClN8O11S/c1-41(2,3)61-37(56)43(7,8)63-51-33(32-34(44)64-39(49-32)50-40(58)62-42(4,5)6)36(55)48-31-28(47-35(31)54)21-46-38(57)45-20-27-19-29(53)30(59-23-25-15-11-9-12-16-25)22-52(27)60-24-26-17-13-10-14-18-26/h9-19,22,28,31,39,49H,20-21,23-24H2,1-8H3,(H,47,54)(H,48,55)(H,50,58)(H2,45,46,57)/b51-33-/t28-,31+,39?/m1/s1. The number of alkyl carbamates (subject to hydrolysis) is 1. The minimum absolute atomic E-state index is 0.00758. The lowest BCUT2D eigenvalue weighted by Crippen LogP contribution is -2.72. The Kier molecular flexibility index (Phi) is 15.8. The molecule has 3 atom stereocenters. The van der Waals surface area contributed by atoms with Crippen LogP contribution in [0, 0.1) is 0 Å². The van der Waals surface area contributed by atoms with Crippen LogP contribution in [0.15, 0.2) is 92.9 Å². The number of nitrogens with zero attached hydrogens (tertiary/aromatic N) is 2. The number of aromatic nitrogens is 1. The van der Waals surface area contributed by atoms with Gasteiger partial charge in [-0.3, -0.25) is 19.7 Å². The highest BCUT2D eigenvalue weighted by molar-refractivity contribution is 8.05. The third-order valence-electron chi connectivity index (χ3n) is 8.77. The molecule has 6 N–H and O–H groups in total. The summed E-state index contributed by atoms with van der Waals surface area (Å²) in [7, 11) is 0. The molecule has 2 aromatic carbocycles. The highest BCUT2D eigenvalue weighted by atomic mass is 35.5. The number of hydrogen-bond acceptors (Lipinski definition) is 14. The Morgan fingerprint density at radius 2 is 1.45 bits per heavy atom. The molecular formula is C43H53ClN8O11S. The summed E-state index contributed by atoms with van der Waals surface area (Å²) >= 11 is 7.48. The molecule has 1 fully saturated rings. The van der Waals surface area contributed by atoms with Crippen molar-refractivity contribution in [3.05, 3.63) is 110 Å². The summed E-state index contributed by atoms with van der Waals surface area (Å²) in [6.45, 7) is 12.9. The number of pyridine rings is 1. The SMILES string of the molecule is CC(C)(C)OC(=O)NC1NC(/C(=N/OC(C)(C)C(=O)OC(C)(C)C)C(=O)N[C@@H]2C(=O)N[C@@H]2CNC(=O)NCc2cc(=O)c(OCc3ccccc3)cn2OCc2ccccc2)=C(Cl)S1. The van der Waals surface area contributed by atoms with E-state index in [4.69, 9.17) is 35.5 Å². The molecule has 344 valence electrons. The number of ether oxygens (including phenoxy) is 3. The van der Waals surface area contributed by atoms with Gasteiger partial charge in [-0.2, -0.15) is 4.73 Å². The fourth-order valence-electron chi connectivity index (χ4n) is 5.59. The molecule has 5 rings (SSSR count). The predicted octanol–water partition coefficient (Wildman–Crippen LogP) is 3.88. The van der Waals surface area contributed by atoms with E-state index in [0.29, 0.717) is 5.69 Å². The van der Waals surface area contributed by atoms with E-state index in [-0.39, 0.29) is 42.1 Å². The van der Waals surface area contributed by atoms with E-state index in [1.54, 1.807) is 41.5 Å². The number of carbonyl (C=O) groups is 5. The number of β-lactam (4-membered cyclic amide) rings is 1. The van der Waals surface area contributed by atoms with E-state index in [9.17, 15) is 28.8 Å². The number of halogens is 1. The van der Waals surface area contributed by atoms with E-state index in [1.165, 1.54) is 30.8 Å². The van der Waals surface area contributed by atoms with Gasteiger partial charge in [-0.05, 0) is 66.5 Å². The first-order chi connectivity index (χ1) is 30.1. The average Bonchev–Trinajstić information content (AvgIpc) is 3.57. The van der Waals surface area contributed by atoms with Gasteiger partial charge in [-0.25, -0.2) is 14.4 Å². The molecule has 0 spiro atoms. The number of hydrogen-bond donors (Lipinski definition) is 6. The molecule has 19 nitrogen and oxygen atoms in total.